The van der Waals surface area contributed by atoms with Crippen LogP contribution in [-0.2, 0) is 4.79 Å². The molecule has 0 aliphatic carbocycles. The fourth-order valence-electron chi connectivity index (χ4n) is 3.21. The number of nitrogen functional groups attached to an aromatic ring is 1. The number of aromatic amines is 1. The molecule has 3 rings (SSSR count). The normalized spacial score (nSPS) is 16.8. The summed E-state index contributed by atoms with van der Waals surface area (Å²) in [6.45, 7) is 2.85. The van der Waals surface area contributed by atoms with Crippen molar-refractivity contribution in [3.63, 3.8) is 0 Å². The molecule has 0 radical (unpaired) electrons. The standard InChI is InChI=1S/C18H23N5O4S/c1-2-11-6-3-4-8-23(11)13(24)10-28-18-21-15(19)14(17(26)22-18)20-16(25)12-7-5-9-27-12/h5,7,9,11H,2-4,6,8,10H2,1H3,(H,20,25)(H3,19,21,22,26)/t11-/m1/s1. The molecule has 3 heterocycles. The Morgan fingerprint density at radius 2 is 2.29 bits per heavy atom. The summed E-state index contributed by atoms with van der Waals surface area (Å²) in [6.07, 6.45) is 5.47. The maximum absolute atomic E-state index is 12.5. The Bertz CT molecular complexity index is 896. The monoisotopic (exact) mass is 405 g/mol. The SMILES string of the molecule is CC[C@@H]1CCCCN1C(=O)CSc1nc(N)c(NC(=O)c2ccco2)c(=O)[nH]1. The van der Waals surface area contributed by atoms with Gasteiger partial charge in [-0.15, -0.1) is 0 Å². The van der Waals surface area contributed by atoms with Crippen molar-refractivity contribution in [2.24, 2.45) is 0 Å². The summed E-state index contributed by atoms with van der Waals surface area (Å²) < 4.78 is 4.98. The van der Waals surface area contributed by atoms with Gasteiger partial charge in [-0.2, -0.15) is 0 Å². The molecule has 0 spiro atoms. The minimum Gasteiger partial charge on any atom is -0.459 e. The Hall–Kier alpha value is -2.75. The van der Waals surface area contributed by atoms with Gasteiger partial charge in [-0.3, -0.25) is 19.4 Å². The van der Waals surface area contributed by atoms with E-state index in [2.05, 4.69) is 22.2 Å². The number of nitrogens with one attached hydrogen (secondary N) is 2. The van der Waals surface area contributed by atoms with Crippen LogP contribution < -0.4 is 16.6 Å². The highest BCUT2D eigenvalue weighted by molar-refractivity contribution is 7.99. The number of nitrogens with zero attached hydrogens (tertiary/aromatic N) is 2. The van der Waals surface area contributed by atoms with Gasteiger partial charge in [-0.05, 0) is 37.8 Å². The number of furan rings is 1. The van der Waals surface area contributed by atoms with Gasteiger partial charge < -0.3 is 20.4 Å². The second kappa shape index (κ2) is 8.96. The first kappa shape index (κ1) is 20.0. The van der Waals surface area contributed by atoms with Crippen LogP contribution in [0.25, 0.3) is 0 Å². The average molecular weight is 405 g/mol. The second-order valence-electron chi connectivity index (χ2n) is 6.50. The third-order valence-electron chi connectivity index (χ3n) is 4.66. The number of thioether (sulfide) groups is 1. The van der Waals surface area contributed by atoms with Crippen LogP contribution in [-0.4, -0.2) is 45.0 Å². The first-order valence-corrected chi connectivity index (χ1v) is 10.1. The van der Waals surface area contributed by atoms with Crippen LogP contribution in [0.1, 0.15) is 43.2 Å². The second-order valence-corrected chi connectivity index (χ2v) is 7.46. The van der Waals surface area contributed by atoms with E-state index >= 15 is 0 Å². The minimum absolute atomic E-state index is 0.0213. The summed E-state index contributed by atoms with van der Waals surface area (Å²) in [7, 11) is 0. The summed E-state index contributed by atoms with van der Waals surface area (Å²) in [5, 5.41) is 2.62. The van der Waals surface area contributed by atoms with Gasteiger partial charge in [0, 0.05) is 12.6 Å². The molecule has 0 saturated carbocycles. The number of piperidine rings is 1. The number of aromatic nitrogens is 2. The zero-order chi connectivity index (χ0) is 20.1. The van der Waals surface area contributed by atoms with Crippen LogP contribution in [0.2, 0.25) is 0 Å². The fourth-order valence-corrected chi connectivity index (χ4v) is 3.96. The van der Waals surface area contributed by atoms with E-state index in [1.165, 1.54) is 12.3 Å². The van der Waals surface area contributed by atoms with Gasteiger partial charge in [-0.25, -0.2) is 4.98 Å². The Morgan fingerprint density at radius 3 is 2.96 bits per heavy atom. The van der Waals surface area contributed by atoms with E-state index in [-0.39, 0.29) is 40.1 Å². The highest BCUT2D eigenvalue weighted by Gasteiger charge is 2.25. The maximum atomic E-state index is 12.5. The number of carbonyl (C=O) groups excluding carboxylic acids is 2. The molecule has 28 heavy (non-hydrogen) atoms. The van der Waals surface area contributed by atoms with Crippen LogP contribution in [0.15, 0.2) is 32.8 Å². The molecule has 1 saturated heterocycles. The van der Waals surface area contributed by atoms with E-state index in [1.807, 2.05) is 4.90 Å². The van der Waals surface area contributed by atoms with Crippen LogP contribution in [0.5, 0.6) is 0 Å². The lowest BCUT2D eigenvalue weighted by atomic mass is 10.0. The predicted octanol–water partition coefficient (Wildman–Crippen LogP) is 2.08. The molecule has 9 nitrogen and oxygen atoms in total. The van der Waals surface area contributed by atoms with E-state index < -0.39 is 11.5 Å². The van der Waals surface area contributed by atoms with Gasteiger partial charge in [0.2, 0.25) is 5.91 Å². The molecule has 1 fully saturated rings. The van der Waals surface area contributed by atoms with Crippen molar-refractivity contribution in [2.45, 2.75) is 43.8 Å². The maximum Gasteiger partial charge on any atom is 0.291 e. The minimum atomic E-state index is -0.602. The zero-order valence-electron chi connectivity index (χ0n) is 15.6. The number of nitrogens with two attached hydrogens (primary N) is 1. The molecule has 0 bridgehead atoms. The van der Waals surface area contributed by atoms with Crippen LogP contribution in [0, 0.1) is 0 Å². The molecule has 2 aromatic rings. The van der Waals surface area contributed by atoms with Crippen molar-refractivity contribution < 1.29 is 14.0 Å². The average Bonchev–Trinajstić information content (AvgIpc) is 3.23. The first-order chi connectivity index (χ1) is 13.5. The predicted molar refractivity (Wildman–Crippen MR) is 106 cm³/mol. The molecule has 1 atom stereocenters. The summed E-state index contributed by atoms with van der Waals surface area (Å²) in [4.78, 5) is 45.4. The van der Waals surface area contributed by atoms with E-state index in [9.17, 15) is 14.4 Å². The summed E-state index contributed by atoms with van der Waals surface area (Å²) >= 11 is 1.12. The molecule has 4 N–H and O–H groups in total. The third kappa shape index (κ3) is 4.56. The Labute approximate surface area is 166 Å². The number of rotatable bonds is 6. The topological polar surface area (TPSA) is 134 Å². The summed E-state index contributed by atoms with van der Waals surface area (Å²) in [5.74, 6) is -0.488. The zero-order valence-corrected chi connectivity index (χ0v) is 16.4. The van der Waals surface area contributed by atoms with Crippen LogP contribution in [0.3, 0.4) is 0 Å². The van der Waals surface area contributed by atoms with Crippen molar-refractivity contribution in [1.29, 1.82) is 0 Å². The van der Waals surface area contributed by atoms with E-state index in [0.29, 0.717) is 0 Å². The highest BCUT2D eigenvalue weighted by Crippen LogP contribution is 2.22. The summed E-state index contributed by atoms with van der Waals surface area (Å²) in [5.41, 5.74) is 5.09. The number of H-pyrrole nitrogens is 1. The largest absolute Gasteiger partial charge is 0.459 e. The molecule has 0 unspecified atom stereocenters. The van der Waals surface area contributed by atoms with E-state index in [1.54, 1.807) is 6.07 Å². The molecule has 10 heteroatoms. The van der Waals surface area contributed by atoms with Crippen molar-refractivity contribution >= 4 is 35.1 Å². The molecular weight excluding hydrogens is 382 g/mol. The van der Waals surface area contributed by atoms with Crippen LogP contribution >= 0.6 is 11.8 Å². The molecule has 1 aliphatic rings. The first-order valence-electron chi connectivity index (χ1n) is 9.16. The van der Waals surface area contributed by atoms with Crippen molar-refractivity contribution in [1.82, 2.24) is 14.9 Å². The van der Waals surface area contributed by atoms with Crippen molar-refractivity contribution in [3.8, 4) is 0 Å². The quantitative estimate of drug-likeness (QED) is 0.495. The molecular formula is C18H23N5O4S. The van der Waals surface area contributed by atoms with Gasteiger partial charge in [0.25, 0.3) is 11.5 Å². The number of likely N-dealkylation sites (tertiary alicyclic amines) is 1. The third-order valence-corrected chi connectivity index (χ3v) is 5.52. The van der Waals surface area contributed by atoms with Gasteiger partial charge in [-0.1, -0.05) is 18.7 Å². The Kier molecular flexibility index (Phi) is 6.40. The summed E-state index contributed by atoms with van der Waals surface area (Å²) in [6, 6.07) is 3.30. The highest BCUT2D eigenvalue weighted by atomic mass is 32.2. The molecule has 2 aromatic heterocycles. The van der Waals surface area contributed by atoms with Gasteiger partial charge in [0.15, 0.2) is 22.4 Å². The molecule has 1 aliphatic heterocycles. The number of hydrogen-bond donors (Lipinski definition) is 3. The number of hydrogen-bond acceptors (Lipinski definition) is 7. The van der Waals surface area contributed by atoms with Crippen molar-refractivity contribution in [2.75, 3.05) is 23.3 Å². The number of anilines is 2. The lowest BCUT2D eigenvalue weighted by Gasteiger charge is -2.35. The number of carbonyl (C=O) groups is 2. The molecule has 0 aromatic carbocycles. The molecule has 2 amide bonds. The lowest BCUT2D eigenvalue weighted by molar-refractivity contribution is -0.132. The smallest absolute Gasteiger partial charge is 0.291 e. The van der Waals surface area contributed by atoms with E-state index in [4.69, 9.17) is 10.2 Å². The van der Waals surface area contributed by atoms with Gasteiger partial charge in [0.1, 0.15) is 0 Å². The van der Waals surface area contributed by atoms with Crippen LogP contribution in [0.4, 0.5) is 11.5 Å². The fraction of sp³-hybridized carbons (Fsp3) is 0.444. The van der Waals surface area contributed by atoms with Gasteiger partial charge >= 0.3 is 0 Å². The lowest BCUT2D eigenvalue weighted by Crippen LogP contribution is -2.44. The number of amides is 2. The Morgan fingerprint density at radius 1 is 1.46 bits per heavy atom. The van der Waals surface area contributed by atoms with E-state index in [0.717, 1.165) is 44.0 Å². The molecule has 150 valence electrons. The van der Waals surface area contributed by atoms with Crippen molar-refractivity contribution in [3.05, 3.63) is 34.5 Å². The van der Waals surface area contributed by atoms with Gasteiger partial charge in [0.05, 0.1) is 12.0 Å². The Balaban J connectivity index is 1.64.